The molecule has 2 unspecified atom stereocenters. The largest absolute Gasteiger partial charge is 0.315 e. The molecule has 2 atom stereocenters. The molecular formula is C21H23ClN4OS. The number of nitrogens with one attached hydrogen (secondary N) is 3. The van der Waals surface area contributed by atoms with Gasteiger partial charge in [0.2, 0.25) is 0 Å². The molecule has 1 saturated heterocycles. The summed E-state index contributed by atoms with van der Waals surface area (Å²) in [6, 6.07) is 18.0. The van der Waals surface area contributed by atoms with Gasteiger partial charge in [0.05, 0.1) is 16.5 Å². The molecule has 1 aliphatic rings. The van der Waals surface area contributed by atoms with Crippen LogP contribution >= 0.6 is 22.9 Å². The molecule has 2 aromatic heterocycles. The highest BCUT2D eigenvalue weighted by Gasteiger charge is 2.26. The third-order valence-corrected chi connectivity index (χ3v) is 6.20. The summed E-state index contributed by atoms with van der Waals surface area (Å²) in [6.07, 6.45) is 3.61. The van der Waals surface area contributed by atoms with Crippen LogP contribution in [0.15, 0.2) is 65.6 Å². The van der Waals surface area contributed by atoms with E-state index in [1.165, 1.54) is 10.4 Å². The second-order valence-corrected chi connectivity index (χ2v) is 8.71. The third-order valence-electron chi connectivity index (χ3n) is 4.96. The highest BCUT2D eigenvalue weighted by Crippen LogP contribution is 2.22. The van der Waals surface area contributed by atoms with Gasteiger partial charge >= 0.3 is 0 Å². The van der Waals surface area contributed by atoms with Gasteiger partial charge in [-0.3, -0.25) is 10.1 Å². The molecule has 0 saturated carbocycles. The summed E-state index contributed by atoms with van der Waals surface area (Å²) in [5.74, 6) is 0. The highest BCUT2D eigenvalue weighted by atomic mass is 35.5. The molecule has 5 nitrogen and oxygen atoms in total. The fourth-order valence-corrected chi connectivity index (χ4v) is 4.49. The van der Waals surface area contributed by atoms with E-state index in [0.717, 1.165) is 29.3 Å². The van der Waals surface area contributed by atoms with Crippen LogP contribution in [0.1, 0.15) is 28.5 Å². The zero-order valence-corrected chi connectivity index (χ0v) is 17.0. The summed E-state index contributed by atoms with van der Waals surface area (Å²) in [4.78, 5) is 14.1. The van der Waals surface area contributed by atoms with Crippen molar-refractivity contribution in [3.63, 3.8) is 0 Å². The molecule has 1 aliphatic heterocycles. The Hall–Kier alpha value is -1.96. The van der Waals surface area contributed by atoms with E-state index in [1.54, 1.807) is 15.9 Å². The first kappa shape index (κ1) is 19.4. The van der Waals surface area contributed by atoms with Crippen LogP contribution < -0.4 is 21.7 Å². The summed E-state index contributed by atoms with van der Waals surface area (Å²) < 4.78 is 2.60. The average Bonchev–Trinajstić information content (AvgIpc) is 3.35. The number of hydrogen-bond acceptors (Lipinski definition) is 5. The van der Waals surface area contributed by atoms with E-state index in [1.807, 2.05) is 48.7 Å². The molecule has 1 fully saturated rings. The quantitative estimate of drug-likeness (QED) is 0.554. The number of aryl methyl sites for hydroxylation is 2. The lowest BCUT2D eigenvalue weighted by atomic mass is 10.1. The first-order valence-corrected chi connectivity index (χ1v) is 10.6. The first-order chi connectivity index (χ1) is 13.7. The maximum atomic E-state index is 12.9. The van der Waals surface area contributed by atoms with Crippen molar-refractivity contribution in [3.8, 4) is 0 Å². The molecular weight excluding hydrogens is 392 g/mol. The smallest absolute Gasteiger partial charge is 0.255 e. The van der Waals surface area contributed by atoms with Crippen LogP contribution in [0.2, 0.25) is 4.34 Å². The molecule has 1 aromatic carbocycles. The molecule has 3 heterocycles. The highest BCUT2D eigenvalue weighted by molar-refractivity contribution is 7.16. The molecule has 0 radical (unpaired) electrons. The number of pyridine rings is 1. The van der Waals surface area contributed by atoms with Gasteiger partial charge in [0, 0.05) is 29.7 Å². The van der Waals surface area contributed by atoms with Crippen LogP contribution in [0, 0.1) is 0 Å². The molecule has 3 aromatic rings. The Labute approximate surface area is 173 Å². The number of aromatic nitrogens is 1. The Kier molecular flexibility index (Phi) is 6.24. The predicted molar refractivity (Wildman–Crippen MR) is 114 cm³/mol. The number of hydrazine groups is 1. The molecule has 0 bridgehead atoms. The monoisotopic (exact) mass is 414 g/mol. The van der Waals surface area contributed by atoms with Crippen molar-refractivity contribution in [2.75, 3.05) is 0 Å². The number of thiophene rings is 1. The van der Waals surface area contributed by atoms with E-state index in [9.17, 15) is 4.79 Å². The van der Waals surface area contributed by atoms with Gasteiger partial charge in [-0.15, -0.1) is 11.3 Å². The van der Waals surface area contributed by atoms with Gasteiger partial charge in [-0.2, -0.15) is 0 Å². The summed E-state index contributed by atoms with van der Waals surface area (Å²) in [5.41, 5.74) is 8.61. The number of hydrogen-bond donors (Lipinski definition) is 3. The summed E-state index contributed by atoms with van der Waals surface area (Å²) in [5, 5.41) is 3.46. The number of rotatable bonds is 7. The van der Waals surface area contributed by atoms with Crippen LogP contribution in [0.3, 0.4) is 0 Å². The van der Waals surface area contributed by atoms with E-state index in [0.29, 0.717) is 6.54 Å². The predicted octanol–water partition coefficient (Wildman–Crippen LogP) is 3.46. The van der Waals surface area contributed by atoms with Crippen molar-refractivity contribution in [2.45, 2.75) is 38.1 Å². The maximum absolute atomic E-state index is 12.9. The van der Waals surface area contributed by atoms with E-state index in [4.69, 9.17) is 11.6 Å². The number of nitrogens with zero attached hydrogens (tertiary/aromatic N) is 1. The lowest BCUT2D eigenvalue weighted by Gasteiger charge is -2.13. The summed E-state index contributed by atoms with van der Waals surface area (Å²) in [7, 11) is 0. The van der Waals surface area contributed by atoms with Crippen molar-refractivity contribution >= 4 is 22.9 Å². The minimum absolute atomic E-state index is 0.0129. The summed E-state index contributed by atoms with van der Waals surface area (Å²) >= 11 is 7.56. The Morgan fingerprint density at radius 3 is 2.75 bits per heavy atom. The molecule has 0 amide bonds. The zero-order chi connectivity index (χ0) is 19.3. The van der Waals surface area contributed by atoms with Gasteiger partial charge in [-0.05, 0) is 36.6 Å². The second-order valence-electron chi connectivity index (χ2n) is 6.91. The standard InChI is InChI=1S/C21H23ClN4OS/c22-19-9-8-16(28-19)14-23-20-13-18(24-25-20)17-7-4-11-26(21(17)27)12-10-15-5-2-1-3-6-15/h1-9,11,18,20,23-25H,10,12-14H2. The van der Waals surface area contributed by atoms with Crippen LogP contribution in [0.5, 0.6) is 0 Å². The van der Waals surface area contributed by atoms with Gasteiger partial charge in [-0.25, -0.2) is 10.9 Å². The van der Waals surface area contributed by atoms with Crippen LogP contribution in [0.25, 0.3) is 0 Å². The zero-order valence-electron chi connectivity index (χ0n) is 15.4. The van der Waals surface area contributed by atoms with Crippen LogP contribution in [-0.4, -0.2) is 10.7 Å². The minimum Gasteiger partial charge on any atom is -0.315 e. The van der Waals surface area contributed by atoms with E-state index in [-0.39, 0.29) is 17.8 Å². The van der Waals surface area contributed by atoms with E-state index in [2.05, 4.69) is 28.3 Å². The Morgan fingerprint density at radius 1 is 1.11 bits per heavy atom. The molecule has 0 spiro atoms. The molecule has 3 N–H and O–H groups in total. The van der Waals surface area contributed by atoms with Crippen molar-refractivity contribution in [3.05, 3.63) is 91.5 Å². The van der Waals surface area contributed by atoms with Crippen molar-refractivity contribution in [1.29, 1.82) is 0 Å². The van der Waals surface area contributed by atoms with Crippen molar-refractivity contribution in [1.82, 2.24) is 20.7 Å². The molecule has 4 rings (SSSR count). The number of benzene rings is 1. The lowest BCUT2D eigenvalue weighted by molar-refractivity contribution is 0.459. The lowest BCUT2D eigenvalue weighted by Crippen LogP contribution is -2.40. The Bertz CT molecular complexity index is 972. The number of halogens is 1. The van der Waals surface area contributed by atoms with Crippen molar-refractivity contribution < 1.29 is 0 Å². The van der Waals surface area contributed by atoms with Gasteiger partial charge < -0.3 is 4.57 Å². The van der Waals surface area contributed by atoms with Gasteiger partial charge in [0.15, 0.2) is 0 Å². The normalized spacial score (nSPS) is 19.2. The van der Waals surface area contributed by atoms with Crippen molar-refractivity contribution in [2.24, 2.45) is 0 Å². The fraction of sp³-hybridized carbons (Fsp3) is 0.286. The topological polar surface area (TPSA) is 58.1 Å². The first-order valence-electron chi connectivity index (χ1n) is 9.41. The summed E-state index contributed by atoms with van der Waals surface area (Å²) in [6.45, 7) is 1.43. The maximum Gasteiger partial charge on any atom is 0.255 e. The average molecular weight is 415 g/mol. The second kappa shape index (κ2) is 9.03. The Balaban J connectivity index is 1.37. The van der Waals surface area contributed by atoms with E-state index >= 15 is 0 Å². The van der Waals surface area contributed by atoms with Gasteiger partial charge in [0.25, 0.3) is 5.56 Å². The molecule has 146 valence electrons. The molecule has 28 heavy (non-hydrogen) atoms. The fourth-order valence-electron chi connectivity index (χ4n) is 3.46. The SMILES string of the molecule is O=c1c(C2CC(NCc3ccc(Cl)s3)NN2)cccn1CCc1ccccc1. The third kappa shape index (κ3) is 4.71. The van der Waals surface area contributed by atoms with Crippen LogP contribution in [-0.2, 0) is 19.5 Å². The van der Waals surface area contributed by atoms with Gasteiger partial charge in [-0.1, -0.05) is 48.0 Å². The molecule has 7 heteroatoms. The Morgan fingerprint density at radius 2 is 1.96 bits per heavy atom. The van der Waals surface area contributed by atoms with Crippen LogP contribution in [0.4, 0.5) is 0 Å². The van der Waals surface area contributed by atoms with Gasteiger partial charge in [0.1, 0.15) is 0 Å². The minimum atomic E-state index is -0.0129. The molecule has 0 aliphatic carbocycles. The van der Waals surface area contributed by atoms with E-state index < -0.39 is 0 Å².